The smallest absolute Gasteiger partial charge is 0.387 e. The predicted octanol–water partition coefficient (Wildman–Crippen LogP) is -3.60. The van der Waals surface area contributed by atoms with E-state index in [9.17, 15) is 29.6 Å². The highest BCUT2D eigenvalue weighted by Crippen LogP contribution is 2.45. The van der Waals surface area contributed by atoms with Crippen molar-refractivity contribution in [2.45, 2.75) is 36.6 Å². The van der Waals surface area contributed by atoms with E-state index in [1.54, 1.807) is 0 Å². The predicted molar refractivity (Wildman–Crippen MR) is 57.9 cm³/mol. The van der Waals surface area contributed by atoms with Gasteiger partial charge in [0.15, 0.2) is 0 Å². The minimum absolute atomic E-state index is 2.12. The van der Waals surface area contributed by atoms with E-state index >= 15 is 0 Å². The molecule has 3 unspecified atom stereocenters. The average molecular weight is 340 g/mol. The van der Waals surface area contributed by atoms with Crippen molar-refractivity contribution in [3.8, 4) is 0 Å². The van der Waals surface area contributed by atoms with E-state index in [-0.39, 0.29) is 0 Å². The van der Waals surface area contributed by atoms with Crippen LogP contribution in [0.15, 0.2) is 0 Å². The van der Waals surface area contributed by atoms with Crippen molar-refractivity contribution >= 4 is 15.6 Å². The Morgan fingerprint density at radius 1 is 0.600 bits per heavy atom. The van der Waals surface area contributed by atoms with Crippen LogP contribution in [0.4, 0.5) is 0 Å². The van der Waals surface area contributed by atoms with Gasteiger partial charge < -0.3 is 40.0 Å². The van der Waals surface area contributed by atoms with Crippen LogP contribution >= 0.6 is 15.6 Å². The molecule has 14 heteroatoms. The fraction of sp³-hybridized carbons (Fsp3) is 1.00. The Balaban J connectivity index is 3.02. The van der Waals surface area contributed by atoms with Gasteiger partial charge in [-0.2, -0.15) is 0 Å². The number of phosphoric acid groups is 2. The topological polar surface area (TPSA) is 214 Å². The van der Waals surface area contributed by atoms with Gasteiger partial charge in [0.2, 0.25) is 0 Å². The molecule has 1 aliphatic rings. The molecule has 0 aromatic heterocycles. The number of hydrogen-bond acceptors (Lipinski definition) is 8. The molecule has 1 rings (SSSR count). The van der Waals surface area contributed by atoms with Crippen molar-refractivity contribution in [2.75, 3.05) is 0 Å². The molecule has 6 atom stereocenters. The van der Waals surface area contributed by atoms with E-state index in [0.29, 0.717) is 0 Å². The highest BCUT2D eigenvalue weighted by Gasteiger charge is 2.53. The Morgan fingerprint density at radius 3 is 1.15 bits per heavy atom. The monoisotopic (exact) mass is 340 g/mol. The van der Waals surface area contributed by atoms with E-state index in [2.05, 4.69) is 9.05 Å². The van der Waals surface area contributed by atoms with Crippen molar-refractivity contribution in [2.24, 2.45) is 0 Å². The van der Waals surface area contributed by atoms with Crippen LogP contribution in [0.25, 0.3) is 0 Å². The number of hydrogen-bond donors (Lipinski definition) is 8. The second kappa shape index (κ2) is 6.05. The van der Waals surface area contributed by atoms with Gasteiger partial charge in [-0.05, 0) is 0 Å². The van der Waals surface area contributed by atoms with Crippen LogP contribution in [-0.2, 0) is 18.2 Å². The summed E-state index contributed by atoms with van der Waals surface area (Å²) in [5, 5.41) is 38.0. The van der Waals surface area contributed by atoms with Gasteiger partial charge in [-0.1, -0.05) is 0 Å². The van der Waals surface area contributed by atoms with Gasteiger partial charge in [0, 0.05) is 0 Å². The molecule has 0 saturated heterocycles. The molecule has 1 aliphatic carbocycles. The minimum Gasteiger partial charge on any atom is -0.387 e. The zero-order valence-electron chi connectivity index (χ0n) is 9.57. The summed E-state index contributed by atoms with van der Waals surface area (Å²) in [6.07, 6.45) is -12.8. The summed E-state index contributed by atoms with van der Waals surface area (Å²) in [6.45, 7) is 0. The minimum atomic E-state index is -5.20. The quantitative estimate of drug-likeness (QED) is 0.233. The Kier molecular flexibility index (Phi) is 5.48. The highest BCUT2D eigenvalue weighted by molar-refractivity contribution is 7.46. The molecular weight excluding hydrogens is 326 g/mol. The summed E-state index contributed by atoms with van der Waals surface area (Å²) >= 11 is 0. The third kappa shape index (κ3) is 4.53. The van der Waals surface area contributed by atoms with Crippen LogP contribution in [0, 0.1) is 0 Å². The number of rotatable bonds is 4. The van der Waals surface area contributed by atoms with Gasteiger partial charge in [0.05, 0.1) is 0 Å². The lowest BCUT2D eigenvalue weighted by molar-refractivity contribution is -0.215. The van der Waals surface area contributed by atoms with E-state index in [1.165, 1.54) is 0 Å². The first-order chi connectivity index (χ1) is 8.83. The zero-order valence-corrected chi connectivity index (χ0v) is 11.4. The summed E-state index contributed by atoms with van der Waals surface area (Å²) in [5.41, 5.74) is 0. The van der Waals surface area contributed by atoms with Gasteiger partial charge >= 0.3 is 15.6 Å². The molecule has 1 saturated carbocycles. The Labute approximate surface area is 111 Å². The third-order valence-electron chi connectivity index (χ3n) is 2.56. The maximum Gasteiger partial charge on any atom is 0.470 e. The van der Waals surface area contributed by atoms with Gasteiger partial charge in [-0.25, -0.2) is 9.13 Å². The molecule has 1 fully saturated rings. The second-order valence-corrected chi connectivity index (χ2v) is 6.47. The van der Waals surface area contributed by atoms with Crippen molar-refractivity contribution in [1.29, 1.82) is 0 Å². The van der Waals surface area contributed by atoms with Gasteiger partial charge in [0.1, 0.15) is 36.6 Å². The summed E-state index contributed by atoms with van der Waals surface area (Å²) < 4.78 is 29.4. The molecule has 0 bridgehead atoms. The molecular formula is C6H14O12P2. The first-order valence-electron chi connectivity index (χ1n) is 5.03. The molecule has 0 amide bonds. The lowest BCUT2D eigenvalue weighted by atomic mass is 9.85. The van der Waals surface area contributed by atoms with Crippen LogP contribution in [0.2, 0.25) is 0 Å². The second-order valence-electron chi connectivity index (χ2n) is 4.08. The van der Waals surface area contributed by atoms with Crippen molar-refractivity contribution < 1.29 is 58.2 Å². The molecule has 0 aromatic carbocycles. The fourth-order valence-corrected chi connectivity index (χ4v) is 2.88. The Hall–Kier alpha value is 0.0600. The van der Waals surface area contributed by atoms with Crippen LogP contribution in [0.1, 0.15) is 0 Å². The zero-order chi connectivity index (χ0) is 15.9. The third-order valence-corrected chi connectivity index (χ3v) is 3.60. The maximum atomic E-state index is 10.7. The van der Waals surface area contributed by atoms with E-state index < -0.39 is 52.3 Å². The molecule has 0 heterocycles. The number of aliphatic hydroxyl groups excluding tert-OH is 4. The summed E-state index contributed by atoms with van der Waals surface area (Å²) in [6, 6.07) is 0. The average Bonchev–Trinajstić information content (AvgIpc) is 2.25. The first-order valence-corrected chi connectivity index (χ1v) is 8.10. The largest absolute Gasteiger partial charge is 0.470 e. The molecule has 0 spiro atoms. The lowest BCUT2D eigenvalue weighted by Gasteiger charge is -2.42. The normalized spacial score (nSPS) is 39.8. The molecule has 0 aromatic rings. The molecule has 20 heavy (non-hydrogen) atoms. The van der Waals surface area contributed by atoms with Crippen LogP contribution in [0.3, 0.4) is 0 Å². The fourth-order valence-electron chi connectivity index (χ4n) is 1.75. The Bertz CT molecular complexity index is 390. The van der Waals surface area contributed by atoms with Crippen molar-refractivity contribution in [3.05, 3.63) is 0 Å². The molecule has 0 radical (unpaired) electrons. The van der Waals surface area contributed by atoms with Gasteiger partial charge in [-0.15, -0.1) is 0 Å². The van der Waals surface area contributed by atoms with E-state index in [0.717, 1.165) is 0 Å². The van der Waals surface area contributed by atoms with Crippen LogP contribution < -0.4 is 0 Å². The standard InChI is InChI=1S/C6H14O12P2/c7-1-2(8)5(17-19(11,12)13)4(10)6(3(1)9)18-20(14,15)16/h1-10H,(H2,11,12,13)(H2,14,15,16)/t1?,2-,3+,4?,5-,6?/m1/s1. The lowest BCUT2D eigenvalue weighted by Crippen LogP contribution is -2.64. The number of aliphatic hydroxyl groups is 4. The maximum absolute atomic E-state index is 10.7. The first kappa shape index (κ1) is 18.1. The number of phosphoric ester groups is 2. The SMILES string of the molecule is O=P(O)(O)OC1C(O)[C@H](OP(=O)(O)O)[C@H](O)C(O)[C@@H]1O. The van der Waals surface area contributed by atoms with Crippen molar-refractivity contribution in [3.63, 3.8) is 0 Å². The van der Waals surface area contributed by atoms with Crippen LogP contribution in [0.5, 0.6) is 0 Å². The highest BCUT2D eigenvalue weighted by atomic mass is 31.2. The van der Waals surface area contributed by atoms with Gasteiger partial charge in [-0.3, -0.25) is 9.05 Å². The molecule has 120 valence electrons. The molecule has 12 nitrogen and oxygen atoms in total. The summed E-state index contributed by atoms with van der Waals surface area (Å²) in [4.78, 5) is 34.4. The van der Waals surface area contributed by atoms with E-state index in [1.807, 2.05) is 0 Å². The van der Waals surface area contributed by atoms with Gasteiger partial charge in [0.25, 0.3) is 0 Å². The van der Waals surface area contributed by atoms with E-state index in [4.69, 9.17) is 19.6 Å². The molecule has 8 N–H and O–H groups in total. The Morgan fingerprint density at radius 2 is 0.900 bits per heavy atom. The molecule has 0 aliphatic heterocycles. The summed E-state index contributed by atoms with van der Waals surface area (Å²) in [5.74, 6) is 0. The van der Waals surface area contributed by atoms with Crippen molar-refractivity contribution in [1.82, 2.24) is 0 Å². The van der Waals surface area contributed by atoms with Crippen LogP contribution in [-0.4, -0.2) is 76.6 Å². The summed E-state index contributed by atoms with van der Waals surface area (Å²) in [7, 11) is -10.4.